The number of rotatable bonds is 7. The Balaban J connectivity index is 2.06. The van der Waals surface area contributed by atoms with Crippen molar-refractivity contribution in [3.8, 4) is 0 Å². The van der Waals surface area contributed by atoms with Crippen molar-refractivity contribution in [1.29, 1.82) is 0 Å². The molecule has 0 bridgehead atoms. The lowest BCUT2D eigenvalue weighted by molar-refractivity contribution is 0.0945. The maximum atomic E-state index is 12.3. The van der Waals surface area contributed by atoms with Gasteiger partial charge in [-0.2, -0.15) is 0 Å². The van der Waals surface area contributed by atoms with Crippen molar-refractivity contribution in [2.75, 3.05) is 18.5 Å². The van der Waals surface area contributed by atoms with Gasteiger partial charge in [0.2, 0.25) is 5.95 Å². The third-order valence-electron chi connectivity index (χ3n) is 3.47. The highest BCUT2D eigenvalue weighted by molar-refractivity contribution is 5.92. The number of nitrogens with one attached hydrogen (secondary N) is 1. The number of amides is 1. The van der Waals surface area contributed by atoms with Gasteiger partial charge in [-0.15, -0.1) is 0 Å². The lowest BCUT2D eigenvalue weighted by Crippen LogP contribution is -2.26. The fourth-order valence-electron chi connectivity index (χ4n) is 2.11. The Morgan fingerprint density at radius 2 is 2.00 bits per heavy atom. The van der Waals surface area contributed by atoms with Gasteiger partial charge in [0.1, 0.15) is 5.69 Å². The second-order valence-corrected chi connectivity index (χ2v) is 5.51. The van der Waals surface area contributed by atoms with E-state index in [0.29, 0.717) is 18.2 Å². The zero-order chi connectivity index (χ0) is 16.7. The monoisotopic (exact) mass is 313 g/mol. The number of anilines is 1. The van der Waals surface area contributed by atoms with Crippen molar-refractivity contribution in [2.24, 2.45) is 0 Å². The summed E-state index contributed by atoms with van der Waals surface area (Å²) in [6.45, 7) is 5.34. The fraction of sp³-hybridized carbons (Fsp3) is 0.412. The summed E-state index contributed by atoms with van der Waals surface area (Å²) in [6, 6.07) is 5.45. The number of hydrogen-bond donors (Lipinski definition) is 1. The molecular formula is C17H23N5O. The van der Waals surface area contributed by atoms with Crippen LogP contribution in [0.15, 0.2) is 30.6 Å². The SMILES string of the molecule is CCCCN(C)c1nc(C)cc(C(=O)NCc2ccncc2)n1. The minimum atomic E-state index is -0.197. The van der Waals surface area contributed by atoms with Crippen molar-refractivity contribution in [3.05, 3.63) is 47.5 Å². The summed E-state index contributed by atoms with van der Waals surface area (Å²) >= 11 is 0. The van der Waals surface area contributed by atoms with Gasteiger partial charge in [0, 0.05) is 38.2 Å². The molecule has 0 radical (unpaired) electrons. The Kier molecular flexibility index (Phi) is 6.02. The van der Waals surface area contributed by atoms with E-state index in [1.54, 1.807) is 18.5 Å². The lowest BCUT2D eigenvalue weighted by atomic mass is 10.2. The molecule has 0 saturated heterocycles. The minimum Gasteiger partial charge on any atom is -0.347 e. The highest BCUT2D eigenvalue weighted by atomic mass is 16.1. The van der Waals surface area contributed by atoms with Gasteiger partial charge in [-0.3, -0.25) is 9.78 Å². The summed E-state index contributed by atoms with van der Waals surface area (Å²) in [6.07, 6.45) is 5.58. The zero-order valence-electron chi connectivity index (χ0n) is 13.9. The standard InChI is InChI=1S/C17H23N5O/c1-4-5-10-22(3)17-20-13(2)11-15(21-17)16(23)19-12-14-6-8-18-9-7-14/h6-9,11H,4-5,10,12H2,1-3H3,(H,19,23). The topological polar surface area (TPSA) is 71.0 Å². The molecule has 2 rings (SSSR count). The quantitative estimate of drug-likeness (QED) is 0.849. The molecule has 2 heterocycles. The molecule has 23 heavy (non-hydrogen) atoms. The van der Waals surface area contributed by atoms with Crippen LogP contribution >= 0.6 is 0 Å². The van der Waals surface area contributed by atoms with Crippen LogP contribution in [0.5, 0.6) is 0 Å². The normalized spacial score (nSPS) is 10.4. The predicted molar refractivity (Wildman–Crippen MR) is 90.4 cm³/mol. The molecular weight excluding hydrogens is 290 g/mol. The number of aryl methyl sites for hydroxylation is 1. The molecule has 1 N–H and O–H groups in total. The number of hydrogen-bond acceptors (Lipinski definition) is 5. The van der Waals surface area contributed by atoms with Crippen LogP contribution in [0.25, 0.3) is 0 Å². The molecule has 0 aliphatic heterocycles. The smallest absolute Gasteiger partial charge is 0.270 e. The van der Waals surface area contributed by atoms with E-state index in [4.69, 9.17) is 0 Å². The number of aromatic nitrogens is 3. The first-order chi connectivity index (χ1) is 11.1. The van der Waals surface area contributed by atoms with Crippen LogP contribution in [0.3, 0.4) is 0 Å². The maximum absolute atomic E-state index is 12.3. The fourth-order valence-corrected chi connectivity index (χ4v) is 2.11. The average Bonchev–Trinajstić information content (AvgIpc) is 2.57. The number of pyridine rings is 1. The average molecular weight is 313 g/mol. The summed E-state index contributed by atoms with van der Waals surface area (Å²) in [7, 11) is 1.95. The first-order valence-corrected chi connectivity index (χ1v) is 7.84. The number of carbonyl (C=O) groups is 1. The second kappa shape index (κ2) is 8.22. The van der Waals surface area contributed by atoms with Crippen LogP contribution in [0, 0.1) is 6.92 Å². The van der Waals surface area contributed by atoms with Crippen LogP contribution in [0.1, 0.15) is 41.5 Å². The van der Waals surface area contributed by atoms with Crippen molar-refractivity contribution >= 4 is 11.9 Å². The molecule has 0 unspecified atom stereocenters. The van der Waals surface area contributed by atoms with Crippen LogP contribution in [0.4, 0.5) is 5.95 Å². The second-order valence-electron chi connectivity index (χ2n) is 5.51. The van der Waals surface area contributed by atoms with Crippen molar-refractivity contribution in [1.82, 2.24) is 20.3 Å². The predicted octanol–water partition coefficient (Wildman–Crippen LogP) is 2.35. The third kappa shape index (κ3) is 5.02. The van der Waals surface area contributed by atoms with E-state index in [-0.39, 0.29) is 5.91 Å². The summed E-state index contributed by atoms with van der Waals surface area (Å²) in [4.78, 5) is 27.1. The first-order valence-electron chi connectivity index (χ1n) is 7.84. The summed E-state index contributed by atoms with van der Waals surface area (Å²) < 4.78 is 0. The molecule has 122 valence electrons. The Morgan fingerprint density at radius 3 is 2.70 bits per heavy atom. The molecule has 0 aliphatic carbocycles. The Labute approximate surface area is 137 Å². The minimum absolute atomic E-state index is 0.197. The number of nitrogens with zero attached hydrogens (tertiary/aromatic N) is 4. The van der Waals surface area contributed by atoms with Gasteiger partial charge in [0.05, 0.1) is 0 Å². The van der Waals surface area contributed by atoms with E-state index < -0.39 is 0 Å². The molecule has 0 atom stereocenters. The van der Waals surface area contributed by atoms with Crippen molar-refractivity contribution < 1.29 is 4.79 Å². The van der Waals surface area contributed by atoms with E-state index in [9.17, 15) is 4.79 Å². The van der Waals surface area contributed by atoms with E-state index in [0.717, 1.165) is 30.6 Å². The molecule has 0 aliphatic rings. The molecule has 0 saturated carbocycles. The molecule has 2 aromatic rings. The zero-order valence-corrected chi connectivity index (χ0v) is 13.9. The van der Waals surface area contributed by atoms with Gasteiger partial charge in [0.15, 0.2) is 0 Å². The molecule has 6 heteroatoms. The van der Waals surface area contributed by atoms with Crippen LogP contribution < -0.4 is 10.2 Å². The number of unbranched alkanes of at least 4 members (excludes halogenated alkanes) is 1. The number of carbonyl (C=O) groups excluding carboxylic acids is 1. The Bertz CT molecular complexity index is 645. The lowest BCUT2D eigenvalue weighted by Gasteiger charge is -2.17. The highest BCUT2D eigenvalue weighted by Crippen LogP contribution is 2.10. The molecule has 6 nitrogen and oxygen atoms in total. The molecule has 1 amide bonds. The molecule has 0 aromatic carbocycles. The highest BCUT2D eigenvalue weighted by Gasteiger charge is 2.12. The Hall–Kier alpha value is -2.50. The first kappa shape index (κ1) is 16.9. The van der Waals surface area contributed by atoms with E-state index in [1.165, 1.54) is 0 Å². The van der Waals surface area contributed by atoms with Crippen LogP contribution in [-0.4, -0.2) is 34.5 Å². The van der Waals surface area contributed by atoms with Crippen molar-refractivity contribution in [2.45, 2.75) is 33.2 Å². The van der Waals surface area contributed by atoms with Crippen LogP contribution in [-0.2, 0) is 6.54 Å². The molecule has 0 spiro atoms. The van der Waals surface area contributed by atoms with E-state index in [1.807, 2.05) is 31.0 Å². The maximum Gasteiger partial charge on any atom is 0.270 e. The van der Waals surface area contributed by atoms with Crippen LogP contribution in [0.2, 0.25) is 0 Å². The summed E-state index contributed by atoms with van der Waals surface area (Å²) in [5, 5.41) is 2.88. The van der Waals surface area contributed by atoms with Gasteiger partial charge >= 0.3 is 0 Å². The summed E-state index contributed by atoms with van der Waals surface area (Å²) in [5.74, 6) is 0.393. The van der Waals surface area contributed by atoms with Crippen molar-refractivity contribution in [3.63, 3.8) is 0 Å². The van der Waals surface area contributed by atoms with E-state index >= 15 is 0 Å². The van der Waals surface area contributed by atoms with E-state index in [2.05, 4.69) is 27.2 Å². The van der Waals surface area contributed by atoms with Gasteiger partial charge in [-0.1, -0.05) is 13.3 Å². The van der Waals surface area contributed by atoms with Gasteiger partial charge < -0.3 is 10.2 Å². The largest absolute Gasteiger partial charge is 0.347 e. The van der Waals surface area contributed by atoms with Gasteiger partial charge in [-0.05, 0) is 37.1 Å². The molecule has 0 fully saturated rings. The molecule has 2 aromatic heterocycles. The summed E-state index contributed by atoms with van der Waals surface area (Å²) in [5.41, 5.74) is 2.18. The van der Waals surface area contributed by atoms with Gasteiger partial charge in [0.25, 0.3) is 5.91 Å². The third-order valence-corrected chi connectivity index (χ3v) is 3.47. The van der Waals surface area contributed by atoms with Gasteiger partial charge in [-0.25, -0.2) is 9.97 Å². The Morgan fingerprint density at radius 1 is 1.26 bits per heavy atom.